The summed E-state index contributed by atoms with van der Waals surface area (Å²) in [5, 5.41) is -0.315. The van der Waals surface area contributed by atoms with Crippen molar-refractivity contribution in [3.05, 3.63) is 18.0 Å². The van der Waals surface area contributed by atoms with Crippen molar-refractivity contribution < 1.29 is 9.53 Å². The molecule has 0 N–H and O–H groups in total. The largest absolute Gasteiger partial charge is 0.481 e. The molecule has 21 heavy (non-hydrogen) atoms. The number of carbonyl (C=O) groups is 1. The number of likely N-dealkylation sites (N-methyl/N-ethyl adjacent to an activating group) is 1. The lowest BCUT2D eigenvalue weighted by molar-refractivity contribution is -0.130. The molecule has 2 heterocycles. The fourth-order valence-corrected chi connectivity index (χ4v) is 2.17. The third-order valence-corrected chi connectivity index (χ3v) is 3.55. The van der Waals surface area contributed by atoms with Crippen molar-refractivity contribution in [2.24, 2.45) is 0 Å². The molecule has 1 atom stereocenters. The van der Waals surface area contributed by atoms with Gasteiger partial charge in [-0.1, -0.05) is 0 Å². The minimum absolute atomic E-state index is 0.0139. The highest BCUT2D eigenvalue weighted by Crippen LogP contribution is 2.25. The first kappa shape index (κ1) is 15.6. The number of aromatic nitrogens is 3. The maximum absolute atomic E-state index is 12.2. The van der Waals surface area contributed by atoms with Crippen LogP contribution in [0.3, 0.4) is 0 Å². The maximum atomic E-state index is 12.2. The van der Waals surface area contributed by atoms with Gasteiger partial charge in [-0.15, -0.1) is 11.6 Å². The summed E-state index contributed by atoms with van der Waals surface area (Å²) < 4.78 is 6.89. The van der Waals surface area contributed by atoms with Gasteiger partial charge in [-0.3, -0.25) is 4.79 Å². The third-order valence-electron chi connectivity index (χ3n) is 3.35. The molecule has 7 heteroatoms. The van der Waals surface area contributed by atoms with Crippen LogP contribution in [0.5, 0.6) is 5.88 Å². The van der Waals surface area contributed by atoms with E-state index in [4.69, 9.17) is 16.3 Å². The average Bonchev–Trinajstić information content (AvgIpc) is 2.84. The molecule has 0 radical (unpaired) electrons. The molecule has 0 aliphatic heterocycles. The highest BCUT2D eigenvalue weighted by molar-refractivity contribution is 6.20. The zero-order chi connectivity index (χ0) is 15.6. The SMILES string of the molecule is CCN(C)C(=O)Cn1c(C(C)Cl)nc2ccc(OC)nc21. The van der Waals surface area contributed by atoms with Crippen molar-refractivity contribution in [1.29, 1.82) is 0 Å². The molecule has 1 unspecified atom stereocenters. The fourth-order valence-electron chi connectivity index (χ4n) is 2.01. The Morgan fingerprint density at radius 2 is 2.19 bits per heavy atom. The lowest BCUT2D eigenvalue weighted by Gasteiger charge is -2.16. The van der Waals surface area contributed by atoms with E-state index in [0.717, 1.165) is 0 Å². The molecule has 0 aliphatic carbocycles. The van der Waals surface area contributed by atoms with Gasteiger partial charge in [0.2, 0.25) is 11.8 Å². The van der Waals surface area contributed by atoms with Gasteiger partial charge in [0.15, 0.2) is 5.65 Å². The van der Waals surface area contributed by atoms with Gasteiger partial charge in [-0.2, -0.15) is 4.98 Å². The molecule has 0 saturated carbocycles. The number of hydrogen-bond donors (Lipinski definition) is 0. The average molecular weight is 311 g/mol. The summed E-state index contributed by atoms with van der Waals surface area (Å²) in [6.07, 6.45) is 0. The normalized spacial score (nSPS) is 12.4. The quantitative estimate of drug-likeness (QED) is 0.795. The van der Waals surface area contributed by atoms with Crippen LogP contribution in [0.15, 0.2) is 12.1 Å². The zero-order valence-corrected chi connectivity index (χ0v) is 13.4. The number of amides is 1. The van der Waals surface area contributed by atoms with Gasteiger partial charge in [0.25, 0.3) is 0 Å². The third kappa shape index (κ3) is 3.10. The minimum Gasteiger partial charge on any atom is -0.481 e. The van der Waals surface area contributed by atoms with Crippen LogP contribution in [-0.4, -0.2) is 46.0 Å². The second-order valence-corrected chi connectivity index (χ2v) is 5.43. The number of alkyl halides is 1. The molecular weight excluding hydrogens is 292 g/mol. The smallest absolute Gasteiger partial charge is 0.242 e. The standard InChI is InChI=1S/C14H19ClN4O2/c1-5-18(3)12(20)8-19-13(9(2)15)16-10-6-7-11(21-4)17-14(10)19/h6-7,9H,5,8H2,1-4H3. The molecule has 114 valence electrons. The van der Waals surface area contributed by atoms with Gasteiger partial charge in [-0.05, 0) is 19.9 Å². The van der Waals surface area contributed by atoms with Gasteiger partial charge in [0.05, 0.1) is 12.5 Å². The van der Waals surface area contributed by atoms with Gasteiger partial charge in [0.1, 0.15) is 17.9 Å². The zero-order valence-electron chi connectivity index (χ0n) is 12.6. The summed E-state index contributed by atoms with van der Waals surface area (Å²) in [7, 11) is 3.31. The van der Waals surface area contributed by atoms with Crippen LogP contribution < -0.4 is 4.74 Å². The van der Waals surface area contributed by atoms with Crippen molar-refractivity contribution in [3.63, 3.8) is 0 Å². The Hall–Kier alpha value is -1.82. The first-order valence-electron chi connectivity index (χ1n) is 6.77. The Kier molecular flexibility index (Phi) is 4.67. The summed E-state index contributed by atoms with van der Waals surface area (Å²) in [5.74, 6) is 1.10. The lowest BCUT2D eigenvalue weighted by Crippen LogP contribution is -2.30. The molecule has 0 aromatic carbocycles. The molecule has 6 nitrogen and oxygen atoms in total. The van der Waals surface area contributed by atoms with Crippen LogP contribution >= 0.6 is 11.6 Å². The van der Waals surface area contributed by atoms with Crippen molar-refractivity contribution in [3.8, 4) is 5.88 Å². The Morgan fingerprint density at radius 3 is 2.76 bits per heavy atom. The molecule has 2 aromatic rings. The van der Waals surface area contributed by atoms with E-state index < -0.39 is 0 Å². The van der Waals surface area contributed by atoms with E-state index >= 15 is 0 Å². The Bertz CT molecular complexity index is 654. The lowest BCUT2D eigenvalue weighted by atomic mass is 10.4. The van der Waals surface area contributed by atoms with Gasteiger partial charge < -0.3 is 14.2 Å². The van der Waals surface area contributed by atoms with Crippen LogP contribution in [0, 0.1) is 0 Å². The van der Waals surface area contributed by atoms with E-state index in [2.05, 4.69) is 9.97 Å². The van der Waals surface area contributed by atoms with Crippen molar-refractivity contribution in [2.75, 3.05) is 20.7 Å². The summed E-state index contributed by atoms with van der Waals surface area (Å²) in [4.78, 5) is 22.7. The van der Waals surface area contributed by atoms with E-state index in [1.54, 1.807) is 29.7 Å². The highest BCUT2D eigenvalue weighted by atomic mass is 35.5. The van der Waals surface area contributed by atoms with Crippen LogP contribution in [0.2, 0.25) is 0 Å². The second kappa shape index (κ2) is 6.30. The first-order chi connectivity index (χ1) is 9.97. The molecule has 2 rings (SSSR count). The minimum atomic E-state index is -0.315. The van der Waals surface area contributed by atoms with Crippen LogP contribution in [0.25, 0.3) is 11.2 Å². The predicted octanol–water partition coefficient (Wildman–Crippen LogP) is 2.22. The number of pyridine rings is 1. The summed E-state index contributed by atoms with van der Waals surface area (Å²) in [6, 6.07) is 3.55. The van der Waals surface area contributed by atoms with E-state index in [0.29, 0.717) is 29.4 Å². The molecule has 0 fully saturated rings. The summed E-state index contributed by atoms with van der Waals surface area (Å²) >= 11 is 6.18. The Balaban J connectivity index is 2.51. The molecule has 0 aliphatic rings. The van der Waals surface area contributed by atoms with Crippen LogP contribution in [0.4, 0.5) is 0 Å². The number of nitrogens with zero attached hydrogens (tertiary/aromatic N) is 4. The van der Waals surface area contributed by atoms with Crippen LogP contribution in [-0.2, 0) is 11.3 Å². The highest BCUT2D eigenvalue weighted by Gasteiger charge is 2.19. The van der Waals surface area contributed by atoms with Gasteiger partial charge in [0, 0.05) is 19.7 Å². The van der Waals surface area contributed by atoms with E-state index in [-0.39, 0.29) is 17.8 Å². The van der Waals surface area contributed by atoms with E-state index in [1.165, 1.54) is 0 Å². The summed E-state index contributed by atoms with van der Waals surface area (Å²) in [5.41, 5.74) is 1.31. The number of carbonyl (C=O) groups excluding carboxylic acids is 1. The van der Waals surface area contributed by atoms with Crippen molar-refractivity contribution in [2.45, 2.75) is 25.8 Å². The number of hydrogen-bond acceptors (Lipinski definition) is 4. The van der Waals surface area contributed by atoms with Gasteiger partial charge in [-0.25, -0.2) is 4.98 Å². The number of ether oxygens (including phenoxy) is 1. The molecule has 1 amide bonds. The first-order valence-corrected chi connectivity index (χ1v) is 7.20. The van der Waals surface area contributed by atoms with Gasteiger partial charge >= 0.3 is 0 Å². The van der Waals surface area contributed by atoms with Crippen LogP contribution in [0.1, 0.15) is 25.0 Å². The number of halogens is 1. The molecule has 2 aromatic heterocycles. The molecule has 0 spiro atoms. The maximum Gasteiger partial charge on any atom is 0.242 e. The van der Waals surface area contributed by atoms with E-state index in [9.17, 15) is 4.79 Å². The number of methoxy groups -OCH3 is 1. The fraction of sp³-hybridized carbons (Fsp3) is 0.500. The molecule has 0 bridgehead atoms. The number of rotatable bonds is 5. The topological polar surface area (TPSA) is 60.2 Å². The predicted molar refractivity (Wildman–Crippen MR) is 81.7 cm³/mol. The molecule has 0 saturated heterocycles. The monoisotopic (exact) mass is 310 g/mol. The Morgan fingerprint density at radius 1 is 1.48 bits per heavy atom. The Labute approximate surface area is 128 Å². The number of fused-ring (bicyclic) bond motifs is 1. The van der Waals surface area contributed by atoms with Crippen molar-refractivity contribution in [1.82, 2.24) is 19.4 Å². The second-order valence-electron chi connectivity index (χ2n) is 4.78. The summed E-state index contributed by atoms with van der Waals surface area (Å²) in [6.45, 7) is 4.56. The van der Waals surface area contributed by atoms with Crippen molar-refractivity contribution >= 4 is 28.7 Å². The molecular formula is C14H19ClN4O2. The van der Waals surface area contributed by atoms with E-state index in [1.807, 2.05) is 19.9 Å². The number of imidazole rings is 1.